The lowest BCUT2D eigenvalue weighted by molar-refractivity contribution is -0.121. The van der Waals surface area contributed by atoms with Gasteiger partial charge in [-0.05, 0) is 19.1 Å². The summed E-state index contributed by atoms with van der Waals surface area (Å²) in [5.41, 5.74) is 0. The van der Waals surface area contributed by atoms with Crippen LogP contribution in [-0.2, 0) is 19.4 Å². The normalized spacial score (nSPS) is 12.8. The number of methoxy groups -OCH3 is 1. The molecule has 2 N–H and O–H groups in total. The number of rotatable bonds is 7. The summed E-state index contributed by atoms with van der Waals surface area (Å²) in [4.78, 5) is 15.8. The number of amides is 1. The Labute approximate surface area is 118 Å². The van der Waals surface area contributed by atoms with Gasteiger partial charge in [-0.15, -0.1) is 0 Å². The molecule has 0 bridgehead atoms. The zero-order chi connectivity index (χ0) is 15.2. The second kappa shape index (κ2) is 7.20. The van der Waals surface area contributed by atoms with Crippen LogP contribution < -0.4 is 10.6 Å². The van der Waals surface area contributed by atoms with Gasteiger partial charge in [-0.25, -0.2) is 13.4 Å². The number of hydrogen-bond donors (Lipinski definition) is 2. The first-order valence-electron chi connectivity index (χ1n) is 6.04. The Morgan fingerprint density at radius 1 is 1.50 bits per heavy atom. The standard InChI is InChI=1S/C12H19N3O4S/c1-9(12(16)14-7-8-19-2)15-11-10(20(3,17)18)5-4-6-13-11/h4-6,9H,7-8H2,1-3H3,(H,13,15)(H,14,16). The Morgan fingerprint density at radius 3 is 2.80 bits per heavy atom. The fraction of sp³-hybridized carbons (Fsp3) is 0.500. The molecule has 1 amide bonds. The first-order valence-corrected chi connectivity index (χ1v) is 7.93. The zero-order valence-corrected chi connectivity index (χ0v) is 12.5. The number of carbonyl (C=O) groups is 1. The zero-order valence-electron chi connectivity index (χ0n) is 11.7. The summed E-state index contributed by atoms with van der Waals surface area (Å²) in [6.07, 6.45) is 2.56. The van der Waals surface area contributed by atoms with Gasteiger partial charge in [0.05, 0.1) is 6.61 Å². The van der Waals surface area contributed by atoms with E-state index in [-0.39, 0.29) is 16.6 Å². The van der Waals surface area contributed by atoms with Gasteiger partial charge in [-0.1, -0.05) is 0 Å². The number of carbonyl (C=O) groups excluding carboxylic acids is 1. The monoisotopic (exact) mass is 301 g/mol. The van der Waals surface area contributed by atoms with Gasteiger partial charge in [0.2, 0.25) is 5.91 Å². The summed E-state index contributed by atoms with van der Waals surface area (Å²) in [6, 6.07) is 2.37. The van der Waals surface area contributed by atoms with E-state index in [1.165, 1.54) is 18.3 Å². The third kappa shape index (κ3) is 4.78. The van der Waals surface area contributed by atoms with E-state index in [1.807, 2.05) is 0 Å². The Hall–Kier alpha value is -1.67. The molecule has 1 atom stereocenters. The minimum Gasteiger partial charge on any atom is -0.383 e. The second-order valence-corrected chi connectivity index (χ2v) is 6.26. The molecule has 1 aromatic heterocycles. The average molecular weight is 301 g/mol. The number of nitrogens with one attached hydrogen (secondary N) is 2. The summed E-state index contributed by atoms with van der Waals surface area (Å²) in [6.45, 7) is 2.43. The summed E-state index contributed by atoms with van der Waals surface area (Å²) in [5, 5.41) is 5.46. The molecule has 0 fully saturated rings. The van der Waals surface area contributed by atoms with Crippen LogP contribution in [0.5, 0.6) is 0 Å². The molecule has 0 radical (unpaired) electrons. The van der Waals surface area contributed by atoms with E-state index in [4.69, 9.17) is 4.74 Å². The van der Waals surface area contributed by atoms with Crippen LogP contribution in [0.1, 0.15) is 6.92 Å². The molecule has 0 aliphatic carbocycles. The van der Waals surface area contributed by atoms with Crippen molar-refractivity contribution in [3.05, 3.63) is 18.3 Å². The van der Waals surface area contributed by atoms with Gasteiger partial charge in [0.15, 0.2) is 9.84 Å². The van der Waals surface area contributed by atoms with E-state index in [9.17, 15) is 13.2 Å². The maximum absolute atomic E-state index is 11.8. The van der Waals surface area contributed by atoms with Crippen LogP contribution >= 0.6 is 0 Å². The third-order valence-electron chi connectivity index (χ3n) is 2.52. The number of anilines is 1. The first kappa shape index (κ1) is 16.4. The van der Waals surface area contributed by atoms with Gasteiger partial charge < -0.3 is 15.4 Å². The maximum atomic E-state index is 11.8. The van der Waals surface area contributed by atoms with Crippen molar-refractivity contribution in [2.24, 2.45) is 0 Å². The van der Waals surface area contributed by atoms with Crippen LogP contribution in [0.2, 0.25) is 0 Å². The molecule has 1 rings (SSSR count). The largest absolute Gasteiger partial charge is 0.383 e. The summed E-state index contributed by atoms with van der Waals surface area (Å²) < 4.78 is 28.1. The van der Waals surface area contributed by atoms with E-state index in [0.29, 0.717) is 13.2 Å². The molecule has 7 nitrogen and oxygen atoms in total. The molecule has 1 aromatic rings. The number of sulfone groups is 1. The highest BCUT2D eigenvalue weighted by molar-refractivity contribution is 7.90. The molecule has 0 aliphatic rings. The van der Waals surface area contributed by atoms with E-state index in [0.717, 1.165) is 6.26 Å². The molecule has 20 heavy (non-hydrogen) atoms. The summed E-state index contributed by atoms with van der Waals surface area (Å²) in [5.74, 6) is -0.0865. The number of nitrogens with zero attached hydrogens (tertiary/aromatic N) is 1. The van der Waals surface area contributed by atoms with E-state index < -0.39 is 15.9 Å². The first-order chi connectivity index (χ1) is 9.36. The van der Waals surface area contributed by atoms with E-state index in [1.54, 1.807) is 14.0 Å². The topological polar surface area (TPSA) is 97.4 Å². The van der Waals surface area contributed by atoms with Crippen molar-refractivity contribution in [1.82, 2.24) is 10.3 Å². The maximum Gasteiger partial charge on any atom is 0.242 e. The molecule has 0 saturated heterocycles. The number of pyridine rings is 1. The van der Waals surface area contributed by atoms with Crippen molar-refractivity contribution in [2.45, 2.75) is 17.9 Å². The van der Waals surface area contributed by atoms with Crippen molar-refractivity contribution < 1.29 is 17.9 Å². The fourth-order valence-electron chi connectivity index (χ4n) is 1.50. The van der Waals surface area contributed by atoms with Crippen molar-refractivity contribution in [3.8, 4) is 0 Å². The second-order valence-electron chi connectivity index (χ2n) is 4.27. The SMILES string of the molecule is COCCNC(=O)C(C)Nc1ncccc1S(C)(=O)=O. The number of aromatic nitrogens is 1. The Bertz CT molecular complexity index is 560. The lowest BCUT2D eigenvalue weighted by atomic mass is 10.3. The predicted octanol–water partition coefficient (Wildman–Crippen LogP) is 0.0481. The molecular formula is C12H19N3O4S. The van der Waals surface area contributed by atoms with Gasteiger partial charge in [0.25, 0.3) is 0 Å². The number of hydrogen-bond acceptors (Lipinski definition) is 6. The molecule has 1 unspecified atom stereocenters. The van der Waals surface area contributed by atoms with Crippen molar-refractivity contribution in [3.63, 3.8) is 0 Å². The summed E-state index contributed by atoms with van der Waals surface area (Å²) >= 11 is 0. The van der Waals surface area contributed by atoms with Gasteiger partial charge >= 0.3 is 0 Å². The number of ether oxygens (including phenoxy) is 1. The molecule has 0 saturated carbocycles. The van der Waals surface area contributed by atoms with Crippen LogP contribution in [0.15, 0.2) is 23.2 Å². The van der Waals surface area contributed by atoms with Gasteiger partial charge in [0.1, 0.15) is 16.8 Å². The molecule has 0 aromatic carbocycles. The van der Waals surface area contributed by atoms with Crippen LogP contribution in [0.25, 0.3) is 0 Å². The quantitative estimate of drug-likeness (QED) is 0.691. The third-order valence-corrected chi connectivity index (χ3v) is 3.65. The van der Waals surface area contributed by atoms with Crippen LogP contribution in [-0.4, -0.2) is 51.9 Å². The van der Waals surface area contributed by atoms with Crippen molar-refractivity contribution in [2.75, 3.05) is 31.8 Å². The highest BCUT2D eigenvalue weighted by atomic mass is 32.2. The van der Waals surface area contributed by atoms with Crippen LogP contribution in [0, 0.1) is 0 Å². The van der Waals surface area contributed by atoms with Gasteiger partial charge in [-0.2, -0.15) is 0 Å². The Morgan fingerprint density at radius 2 is 2.20 bits per heavy atom. The fourth-order valence-corrected chi connectivity index (χ4v) is 2.29. The minimum absolute atomic E-state index is 0.0662. The lowest BCUT2D eigenvalue weighted by Crippen LogP contribution is -2.39. The lowest BCUT2D eigenvalue weighted by Gasteiger charge is -2.16. The molecule has 0 spiro atoms. The molecule has 112 valence electrons. The predicted molar refractivity (Wildman–Crippen MR) is 75.3 cm³/mol. The molecule has 0 aliphatic heterocycles. The molecular weight excluding hydrogens is 282 g/mol. The molecule has 8 heteroatoms. The Kier molecular flexibility index (Phi) is 5.90. The van der Waals surface area contributed by atoms with Crippen molar-refractivity contribution in [1.29, 1.82) is 0 Å². The minimum atomic E-state index is -3.40. The smallest absolute Gasteiger partial charge is 0.242 e. The average Bonchev–Trinajstić information content (AvgIpc) is 2.38. The van der Waals surface area contributed by atoms with Gasteiger partial charge in [0, 0.05) is 26.1 Å². The van der Waals surface area contributed by atoms with E-state index in [2.05, 4.69) is 15.6 Å². The van der Waals surface area contributed by atoms with Crippen LogP contribution in [0.3, 0.4) is 0 Å². The van der Waals surface area contributed by atoms with E-state index >= 15 is 0 Å². The van der Waals surface area contributed by atoms with Crippen molar-refractivity contribution >= 4 is 21.6 Å². The Balaban J connectivity index is 2.76. The highest BCUT2D eigenvalue weighted by Gasteiger charge is 2.18. The summed E-state index contributed by atoms with van der Waals surface area (Å²) in [7, 11) is -1.86. The highest BCUT2D eigenvalue weighted by Crippen LogP contribution is 2.18. The van der Waals surface area contributed by atoms with Crippen LogP contribution in [0.4, 0.5) is 5.82 Å². The molecule has 1 heterocycles. The van der Waals surface area contributed by atoms with Gasteiger partial charge in [-0.3, -0.25) is 4.79 Å².